The van der Waals surface area contributed by atoms with E-state index in [1.54, 1.807) is 0 Å². The number of imidazole rings is 1. The first-order chi connectivity index (χ1) is 9.84. The summed E-state index contributed by atoms with van der Waals surface area (Å²) in [6.45, 7) is 0. The second-order valence-electron chi connectivity index (χ2n) is 4.84. The molecule has 2 aromatic carbocycles. The molecule has 1 aliphatic heterocycles. The molecule has 3 aromatic rings. The molecule has 0 saturated carbocycles. The van der Waals surface area contributed by atoms with Gasteiger partial charge in [-0.2, -0.15) is 0 Å². The van der Waals surface area contributed by atoms with Gasteiger partial charge in [-0.15, -0.1) is 0 Å². The van der Waals surface area contributed by atoms with Crippen molar-refractivity contribution in [2.75, 3.05) is 0 Å². The van der Waals surface area contributed by atoms with Gasteiger partial charge in [0.2, 0.25) is 0 Å². The van der Waals surface area contributed by atoms with Crippen LogP contribution in [0.1, 0.15) is 5.56 Å². The second-order valence-corrected chi connectivity index (χ2v) is 6.82. The average molecular weight is 327 g/mol. The van der Waals surface area contributed by atoms with Crippen molar-refractivity contribution >= 4 is 36.4 Å². The molecule has 4 heteroatoms. The van der Waals surface area contributed by atoms with Crippen LogP contribution in [-0.2, 0) is 7.05 Å². The summed E-state index contributed by atoms with van der Waals surface area (Å²) in [5.41, 5.74) is 4.88. The molecular weight excluding hydrogens is 313 g/mol. The minimum absolute atomic E-state index is 0.417. The first-order valence-electron chi connectivity index (χ1n) is 6.60. The van der Waals surface area contributed by atoms with Crippen molar-refractivity contribution < 1.29 is 4.57 Å². The zero-order chi connectivity index (χ0) is 13.5. The van der Waals surface area contributed by atoms with E-state index in [-0.39, 0.29) is 0 Å². The number of fused-ring (bicyclic) bond motifs is 3. The van der Waals surface area contributed by atoms with Gasteiger partial charge >= 0.3 is 123 Å². The zero-order valence-electron chi connectivity index (χ0n) is 11.2. The van der Waals surface area contributed by atoms with E-state index in [1.807, 2.05) is 0 Å². The molecule has 0 aliphatic carbocycles. The van der Waals surface area contributed by atoms with Gasteiger partial charge in [-0.05, 0) is 0 Å². The number of benzene rings is 2. The molecule has 0 radical (unpaired) electrons. The Morgan fingerprint density at radius 2 is 1.80 bits per heavy atom. The third kappa shape index (κ3) is 1.73. The van der Waals surface area contributed by atoms with E-state index < -0.39 is 0 Å². The summed E-state index contributed by atoms with van der Waals surface area (Å²) in [5.74, 6) is 0. The molecule has 0 unspecified atom stereocenters. The van der Waals surface area contributed by atoms with Gasteiger partial charge in [0.1, 0.15) is 0 Å². The number of para-hydroxylation sites is 2. The number of rotatable bonds is 1. The molecule has 98 valence electrons. The topological polar surface area (TPSA) is 21.2 Å². The number of aromatic nitrogens is 2. The third-order valence-electron chi connectivity index (χ3n) is 3.61. The van der Waals surface area contributed by atoms with Crippen LogP contribution in [0, 0.1) is 0 Å². The maximum atomic E-state index is 4.89. The average Bonchev–Trinajstić information content (AvgIpc) is 2.81. The predicted molar refractivity (Wildman–Crippen MR) is 81.7 cm³/mol. The van der Waals surface area contributed by atoms with Crippen LogP contribution in [0.15, 0.2) is 59.7 Å². The first-order valence-corrected chi connectivity index (χ1v) is 8.67. The van der Waals surface area contributed by atoms with E-state index in [4.69, 9.17) is 5.10 Å². The van der Waals surface area contributed by atoms with Crippen LogP contribution >= 0.6 is 0 Å². The molecule has 20 heavy (non-hydrogen) atoms. The molecule has 0 spiro atoms. The quantitative estimate of drug-likeness (QED) is 0.477. The van der Waals surface area contributed by atoms with Gasteiger partial charge in [0.15, 0.2) is 0 Å². The maximum absolute atomic E-state index is 4.89. The van der Waals surface area contributed by atoms with E-state index in [0.717, 1.165) is 5.32 Å². The molecule has 0 atom stereocenters. The van der Waals surface area contributed by atoms with E-state index in [2.05, 4.69) is 70.9 Å². The van der Waals surface area contributed by atoms with Crippen LogP contribution in [0.5, 0.6) is 0 Å². The zero-order valence-corrected chi connectivity index (χ0v) is 12.9. The molecule has 4 rings (SSSR count). The molecule has 0 N–H and O–H groups in total. The Morgan fingerprint density at radius 3 is 2.65 bits per heavy atom. The van der Waals surface area contributed by atoms with Crippen LogP contribution < -0.4 is 9.29 Å². The fourth-order valence-corrected chi connectivity index (χ4v) is 4.77. The molecule has 1 aromatic heterocycles. The van der Waals surface area contributed by atoms with Crippen molar-refractivity contribution in [3.8, 4) is 0 Å². The third-order valence-corrected chi connectivity index (χ3v) is 5.96. The summed E-state index contributed by atoms with van der Waals surface area (Å²) in [6, 6.07) is 19.0. The SMILES string of the molecule is C[n+]1c2n(c3ccccc31)N=C(c1ccccc1)C[Se]2. The van der Waals surface area contributed by atoms with Crippen molar-refractivity contribution in [2.45, 2.75) is 5.32 Å². The molecule has 0 saturated heterocycles. The summed E-state index contributed by atoms with van der Waals surface area (Å²) in [7, 11) is 2.14. The van der Waals surface area contributed by atoms with Gasteiger partial charge in [0.05, 0.1) is 0 Å². The standard InChI is InChI=1S/C16H14N3Se/c1-18-14-9-5-6-10-15(14)19-16(18)20-11-13(17-19)12-7-3-2-4-8-12/h2-10H,11H2,1H3/q+1. The fourth-order valence-electron chi connectivity index (χ4n) is 2.58. The molecule has 0 amide bonds. The Morgan fingerprint density at radius 1 is 1.05 bits per heavy atom. The van der Waals surface area contributed by atoms with Crippen LogP contribution in [0.4, 0.5) is 0 Å². The van der Waals surface area contributed by atoms with Crippen LogP contribution in [0.3, 0.4) is 0 Å². The van der Waals surface area contributed by atoms with Gasteiger partial charge in [-0.3, -0.25) is 0 Å². The van der Waals surface area contributed by atoms with Crippen molar-refractivity contribution in [2.24, 2.45) is 12.1 Å². The Kier molecular flexibility index (Phi) is 2.72. The van der Waals surface area contributed by atoms with Gasteiger partial charge in [0.25, 0.3) is 0 Å². The Labute approximate surface area is 123 Å². The Balaban J connectivity index is 1.95. The summed E-state index contributed by atoms with van der Waals surface area (Å²) < 4.78 is 5.74. The summed E-state index contributed by atoms with van der Waals surface area (Å²) in [4.78, 5) is 0. The Hall–Kier alpha value is -1.90. The monoisotopic (exact) mass is 328 g/mol. The normalized spacial score (nSPS) is 14.2. The van der Waals surface area contributed by atoms with Gasteiger partial charge in [0, 0.05) is 0 Å². The van der Waals surface area contributed by atoms with E-state index in [1.165, 1.54) is 27.0 Å². The van der Waals surface area contributed by atoms with E-state index in [9.17, 15) is 0 Å². The van der Waals surface area contributed by atoms with Gasteiger partial charge in [-0.25, -0.2) is 0 Å². The predicted octanol–water partition coefficient (Wildman–Crippen LogP) is 1.48. The molecule has 1 aliphatic rings. The van der Waals surface area contributed by atoms with Crippen molar-refractivity contribution in [1.29, 1.82) is 0 Å². The molecular formula is C16H14N3Se+. The summed E-state index contributed by atoms with van der Waals surface area (Å²) in [6.07, 6.45) is 0. The van der Waals surface area contributed by atoms with Crippen molar-refractivity contribution in [3.05, 3.63) is 60.2 Å². The van der Waals surface area contributed by atoms with Crippen LogP contribution in [0.2, 0.25) is 5.32 Å². The minimum atomic E-state index is 0.417. The number of aryl methyl sites for hydroxylation is 1. The number of nitrogens with zero attached hydrogens (tertiary/aromatic N) is 3. The summed E-state index contributed by atoms with van der Waals surface area (Å²) in [5, 5.41) is 5.95. The molecule has 0 bridgehead atoms. The molecule has 0 fully saturated rings. The number of hydrogen-bond donors (Lipinski definition) is 0. The van der Waals surface area contributed by atoms with Crippen molar-refractivity contribution in [3.63, 3.8) is 0 Å². The van der Waals surface area contributed by atoms with Crippen LogP contribution in [-0.4, -0.2) is 25.3 Å². The molecule has 2 heterocycles. The first kappa shape index (κ1) is 11.9. The fraction of sp³-hybridized carbons (Fsp3) is 0.125. The molecule has 3 nitrogen and oxygen atoms in total. The summed E-state index contributed by atoms with van der Waals surface area (Å²) >= 11 is 0.417. The number of hydrogen-bond acceptors (Lipinski definition) is 1. The van der Waals surface area contributed by atoms with E-state index in [0.29, 0.717) is 15.0 Å². The van der Waals surface area contributed by atoms with Gasteiger partial charge < -0.3 is 0 Å². The Bertz CT molecular complexity index is 818. The van der Waals surface area contributed by atoms with Gasteiger partial charge in [-0.1, -0.05) is 0 Å². The second kappa shape index (κ2) is 4.58. The van der Waals surface area contributed by atoms with Crippen molar-refractivity contribution in [1.82, 2.24) is 4.68 Å². The van der Waals surface area contributed by atoms with E-state index >= 15 is 0 Å². The van der Waals surface area contributed by atoms with Crippen LogP contribution in [0.25, 0.3) is 11.0 Å².